The molecular formula is C25H27NO3S. The molecule has 5 heteroatoms. The van der Waals surface area contributed by atoms with Gasteiger partial charge < -0.3 is 14.8 Å². The molecule has 3 aromatic carbocycles. The third kappa shape index (κ3) is 5.57. The zero-order valence-corrected chi connectivity index (χ0v) is 18.6. The van der Waals surface area contributed by atoms with E-state index >= 15 is 0 Å². The van der Waals surface area contributed by atoms with E-state index in [2.05, 4.69) is 36.5 Å². The van der Waals surface area contributed by atoms with E-state index in [1.807, 2.05) is 49.4 Å². The summed E-state index contributed by atoms with van der Waals surface area (Å²) >= 11 is 1.79. The second-order valence-electron chi connectivity index (χ2n) is 7.10. The highest BCUT2D eigenvalue weighted by Crippen LogP contribution is 2.29. The molecule has 0 aliphatic heterocycles. The topological polar surface area (TPSA) is 47.6 Å². The third-order valence-corrected chi connectivity index (χ3v) is 5.98. The van der Waals surface area contributed by atoms with Gasteiger partial charge in [-0.05, 0) is 61.9 Å². The Morgan fingerprint density at radius 3 is 2.30 bits per heavy atom. The van der Waals surface area contributed by atoms with Crippen molar-refractivity contribution in [2.45, 2.75) is 30.5 Å². The molecule has 0 aliphatic carbocycles. The van der Waals surface area contributed by atoms with Crippen LogP contribution in [0.4, 0.5) is 0 Å². The lowest BCUT2D eigenvalue weighted by Crippen LogP contribution is -2.27. The maximum absolute atomic E-state index is 12.7. The summed E-state index contributed by atoms with van der Waals surface area (Å²) in [6.45, 7) is 4.02. The van der Waals surface area contributed by atoms with Gasteiger partial charge in [-0.2, -0.15) is 0 Å². The molecule has 0 bridgehead atoms. The van der Waals surface area contributed by atoms with Crippen LogP contribution < -0.4 is 14.8 Å². The molecule has 0 saturated carbocycles. The number of aryl methyl sites for hydroxylation is 1. The van der Waals surface area contributed by atoms with E-state index in [9.17, 15) is 4.79 Å². The predicted octanol–water partition coefficient (Wildman–Crippen LogP) is 5.80. The first-order valence-corrected chi connectivity index (χ1v) is 10.8. The van der Waals surface area contributed by atoms with Gasteiger partial charge in [0, 0.05) is 21.8 Å². The fourth-order valence-corrected chi connectivity index (χ4v) is 3.94. The van der Waals surface area contributed by atoms with Gasteiger partial charge in [0.05, 0.1) is 20.3 Å². The Kier molecular flexibility index (Phi) is 7.41. The highest BCUT2D eigenvalue weighted by atomic mass is 32.2. The Morgan fingerprint density at radius 2 is 1.67 bits per heavy atom. The van der Waals surface area contributed by atoms with Crippen LogP contribution in [0.3, 0.4) is 0 Å². The maximum Gasteiger partial charge on any atom is 0.251 e. The monoisotopic (exact) mass is 421 g/mol. The summed E-state index contributed by atoms with van der Waals surface area (Å²) in [6.07, 6.45) is 0. The van der Waals surface area contributed by atoms with Crippen molar-refractivity contribution >= 4 is 17.7 Å². The Balaban J connectivity index is 1.62. The highest BCUT2D eigenvalue weighted by Gasteiger charge is 2.16. The van der Waals surface area contributed by atoms with Crippen molar-refractivity contribution in [1.29, 1.82) is 0 Å². The van der Waals surface area contributed by atoms with Gasteiger partial charge in [0.25, 0.3) is 5.91 Å². The Bertz CT molecular complexity index is 984. The van der Waals surface area contributed by atoms with Gasteiger partial charge in [-0.1, -0.05) is 29.8 Å². The lowest BCUT2D eigenvalue weighted by atomic mass is 10.1. The number of methoxy groups -OCH3 is 2. The summed E-state index contributed by atoms with van der Waals surface area (Å²) in [4.78, 5) is 14.0. The maximum atomic E-state index is 12.7. The molecule has 0 radical (unpaired) electrons. The van der Waals surface area contributed by atoms with Gasteiger partial charge in [0.1, 0.15) is 11.5 Å². The molecule has 0 aromatic heterocycles. The number of ether oxygens (including phenoxy) is 2. The van der Waals surface area contributed by atoms with E-state index in [0.29, 0.717) is 11.3 Å². The van der Waals surface area contributed by atoms with Crippen LogP contribution in [0.5, 0.6) is 11.5 Å². The first-order chi connectivity index (χ1) is 14.5. The minimum absolute atomic E-state index is 0.120. The molecule has 1 atom stereocenters. The van der Waals surface area contributed by atoms with Gasteiger partial charge in [0.2, 0.25) is 0 Å². The SMILES string of the molecule is COc1ccc(OC)c([C@@H](C)NC(=O)c2ccc(CSc3ccc(C)cc3)cc2)c1. The van der Waals surface area contributed by atoms with Gasteiger partial charge in [0.15, 0.2) is 0 Å². The average Bonchev–Trinajstić information content (AvgIpc) is 2.78. The standard InChI is InChI=1S/C25H27NO3S/c1-17-5-12-22(13-6-17)30-16-19-7-9-20(10-8-19)25(27)26-18(2)23-15-21(28-3)11-14-24(23)29-4/h5-15,18H,16H2,1-4H3,(H,26,27)/t18-/m1/s1. The summed E-state index contributed by atoms with van der Waals surface area (Å²) in [6, 6.07) is 21.6. The van der Waals surface area contributed by atoms with Crippen LogP contribution >= 0.6 is 11.8 Å². The smallest absolute Gasteiger partial charge is 0.251 e. The molecule has 0 fully saturated rings. The van der Waals surface area contributed by atoms with Gasteiger partial charge in [-0.25, -0.2) is 0 Å². The molecule has 4 nitrogen and oxygen atoms in total. The molecule has 1 N–H and O–H groups in total. The van der Waals surface area contributed by atoms with Crippen molar-refractivity contribution in [2.75, 3.05) is 14.2 Å². The second-order valence-corrected chi connectivity index (χ2v) is 8.15. The lowest BCUT2D eigenvalue weighted by molar-refractivity contribution is 0.0939. The fraction of sp³-hybridized carbons (Fsp3) is 0.240. The van der Waals surface area contributed by atoms with Crippen LogP contribution in [0.15, 0.2) is 71.6 Å². The summed E-state index contributed by atoms with van der Waals surface area (Å²) in [7, 11) is 3.24. The van der Waals surface area contributed by atoms with E-state index < -0.39 is 0 Å². The largest absolute Gasteiger partial charge is 0.497 e. The van der Waals surface area contributed by atoms with Crippen molar-refractivity contribution in [1.82, 2.24) is 5.32 Å². The lowest BCUT2D eigenvalue weighted by Gasteiger charge is -2.18. The number of nitrogens with one attached hydrogen (secondary N) is 1. The van der Waals surface area contributed by atoms with Crippen molar-refractivity contribution in [3.63, 3.8) is 0 Å². The minimum atomic E-state index is -0.223. The fourth-order valence-electron chi connectivity index (χ4n) is 3.09. The van der Waals surface area contributed by atoms with E-state index in [1.165, 1.54) is 16.0 Å². The second kappa shape index (κ2) is 10.2. The van der Waals surface area contributed by atoms with Crippen molar-refractivity contribution in [2.24, 2.45) is 0 Å². The number of hydrogen-bond donors (Lipinski definition) is 1. The molecule has 156 valence electrons. The van der Waals surface area contributed by atoms with Crippen LogP contribution in [-0.2, 0) is 5.75 Å². The Morgan fingerprint density at radius 1 is 0.967 bits per heavy atom. The normalized spacial score (nSPS) is 11.6. The number of amides is 1. The van der Waals surface area contributed by atoms with Crippen LogP contribution in [0.1, 0.15) is 40.0 Å². The Hall–Kier alpha value is -2.92. The summed E-state index contributed by atoms with van der Waals surface area (Å²) in [5.41, 5.74) is 3.94. The molecule has 0 aliphatic rings. The Labute approximate surface area is 182 Å². The quantitative estimate of drug-likeness (QED) is 0.467. The number of hydrogen-bond acceptors (Lipinski definition) is 4. The summed E-state index contributed by atoms with van der Waals surface area (Å²) in [5, 5.41) is 3.04. The number of carbonyl (C=O) groups is 1. The van der Waals surface area contributed by atoms with Crippen molar-refractivity contribution in [3.8, 4) is 11.5 Å². The third-order valence-electron chi connectivity index (χ3n) is 4.89. The van der Waals surface area contributed by atoms with E-state index in [-0.39, 0.29) is 11.9 Å². The van der Waals surface area contributed by atoms with Gasteiger partial charge >= 0.3 is 0 Å². The van der Waals surface area contributed by atoms with Crippen molar-refractivity contribution in [3.05, 3.63) is 89.0 Å². The number of rotatable bonds is 8. The first-order valence-electron chi connectivity index (χ1n) is 9.81. The van der Waals surface area contributed by atoms with E-state index in [4.69, 9.17) is 9.47 Å². The van der Waals surface area contributed by atoms with Gasteiger partial charge in [-0.3, -0.25) is 4.79 Å². The molecule has 0 saturated heterocycles. The molecule has 1 amide bonds. The molecular weight excluding hydrogens is 394 g/mol. The summed E-state index contributed by atoms with van der Waals surface area (Å²) in [5.74, 6) is 2.18. The van der Waals surface area contributed by atoms with Crippen LogP contribution in [0, 0.1) is 6.92 Å². The van der Waals surface area contributed by atoms with Crippen LogP contribution in [-0.4, -0.2) is 20.1 Å². The van der Waals surface area contributed by atoms with Gasteiger partial charge in [-0.15, -0.1) is 11.8 Å². The van der Waals surface area contributed by atoms with Crippen LogP contribution in [0.2, 0.25) is 0 Å². The zero-order chi connectivity index (χ0) is 21.5. The van der Waals surface area contributed by atoms with E-state index in [1.54, 1.807) is 26.0 Å². The van der Waals surface area contributed by atoms with E-state index in [0.717, 1.165) is 17.1 Å². The van der Waals surface area contributed by atoms with Crippen molar-refractivity contribution < 1.29 is 14.3 Å². The molecule has 30 heavy (non-hydrogen) atoms. The molecule has 0 unspecified atom stereocenters. The minimum Gasteiger partial charge on any atom is -0.497 e. The highest BCUT2D eigenvalue weighted by molar-refractivity contribution is 7.98. The molecule has 3 rings (SSSR count). The number of thioether (sulfide) groups is 1. The molecule has 0 spiro atoms. The van der Waals surface area contributed by atoms with Crippen LogP contribution in [0.25, 0.3) is 0 Å². The average molecular weight is 422 g/mol. The summed E-state index contributed by atoms with van der Waals surface area (Å²) < 4.78 is 10.7. The number of carbonyl (C=O) groups excluding carboxylic acids is 1. The first kappa shape index (κ1) is 21.8. The molecule has 3 aromatic rings. The molecule has 0 heterocycles. The zero-order valence-electron chi connectivity index (χ0n) is 17.8. The predicted molar refractivity (Wildman–Crippen MR) is 123 cm³/mol. The number of benzene rings is 3.